The number of esters is 1. The molecule has 0 spiro atoms. The average Bonchev–Trinajstić information content (AvgIpc) is 2.57. The van der Waals surface area contributed by atoms with E-state index >= 15 is 0 Å². The first kappa shape index (κ1) is 22.4. The maximum atomic E-state index is 10.9. The minimum atomic E-state index is -0.0969. The number of hydrogen-bond acceptors (Lipinski definition) is 4. The van der Waals surface area contributed by atoms with Crippen molar-refractivity contribution in [3.63, 3.8) is 0 Å². The van der Waals surface area contributed by atoms with Crippen LogP contribution >= 0.6 is 0 Å². The summed E-state index contributed by atoms with van der Waals surface area (Å²) >= 11 is 0. The molecular formula is C19H38O4. The summed E-state index contributed by atoms with van der Waals surface area (Å²) < 4.78 is 4.62. The highest BCUT2D eigenvalue weighted by molar-refractivity contribution is 5.68. The van der Waals surface area contributed by atoms with Crippen LogP contribution in [0.4, 0.5) is 0 Å². The van der Waals surface area contributed by atoms with E-state index in [1.807, 2.05) is 0 Å². The highest BCUT2D eigenvalue weighted by Gasteiger charge is 2.08. The average molecular weight is 331 g/mol. The Kier molecular flexibility index (Phi) is 17.3. The lowest BCUT2D eigenvalue weighted by atomic mass is 10.0. The van der Waals surface area contributed by atoms with Crippen LogP contribution in [0.2, 0.25) is 0 Å². The quantitative estimate of drug-likeness (QED) is 0.156. The van der Waals surface area contributed by atoms with Gasteiger partial charge in [0, 0.05) is 6.42 Å². The molecule has 1 N–H and O–H groups in total. The molecule has 0 amide bonds. The van der Waals surface area contributed by atoms with Crippen LogP contribution in [0.25, 0.3) is 0 Å². The van der Waals surface area contributed by atoms with Crippen molar-refractivity contribution in [3.05, 3.63) is 0 Å². The van der Waals surface area contributed by atoms with E-state index < -0.39 is 0 Å². The Hall–Kier alpha value is -0.610. The molecule has 23 heavy (non-hydrogen) atoms. The molecule has 0 saturated carbocycles. The van der Waals surface area contributed by atoms with E-state index in [0.717, 1.165) is 38.5 Å². The third-order valence-corrected chi connectivity index (χ3v) is 4.41. The van der Waals surface area contributed by atoms with Gasteiger partial charge in [-0.25, -0.2) is 4.89 Å². The monoisotopic (exact) mass is 330 g/mol. The molecule has 0 aromatic carbocycles. The molecule has 0 radical (unpaired) electrons. The second-order valence-electron chi connectivity index (χ2n) is 6.52. The number of unbranched alkanes of at least 4 members (excludes halogenated alkanes) is 10. The molecule has 0 heterocycles. The molecule has 0 aromatic rings. The molecule has 0 aromatic heterocycles. The summed E-state index contributed by atoms with van der Waals surface area (Å²) in [6.07, 6.45) is 16.9. The van der Waals surface area contributed by atoms with E-state index in [2.05, 4.69) is 16.5 Å². The minimum absolute atomic E-state index is 0.0326. The Balaban J connectivity index is 3.28. The molecule has 1 unspecified atom stereocenters. The van der Waals surface area contributed by atoms with Gasteiger partial charge in [-0.1, -0.05) is 77.6 Å². The van der Waals surface area contributed by atoms with Crippen LogP contribution in [-0.4, -0.2) is 24.4 Å². The standard InChI is InChI=1S/C19H38O4/c1-3-4-5-12-15-18(23-21)16-13-10-8-6-7-9-11-14-17-19(20)22-2/h18,21H,3-17H2,1-2H3. The van der Waals surface area contributed by atoms with Crippen LogP contribution in [0.1, 0.15) is 103 Å². The lowest BCUT2D eigenvalue weighted by Crippen LogP contribution is -2.10. The van der Waals surface area contributed by atoms with Crippen LogP contribution in [0.15, 0.2) is 0 Å². The SMILES string of the molecule is CCCCCCC(CCCCCCCCCCC(=O)OC)OO. The van der Waals surface area contributed by atoms with E-state index in [1.54, 1.807) is 0 Å². The van der Waals surface area contributed by atoms with Crippen molar-refractivity contribution in [1.29, 1.82) is 0 Å². The van der Waals surface area contributed by atoms with Gasteiger partial charge in [-0.05, 0) is 19.3 Å². The van der Waals surface area contributed by atoms with Crippen LogP contribution in [0, 0.1) is 0 Å². The van der Waals surface area contributed by atoms with Gasteiger partial charge in [0.15, 0.2) is 0 Å². The van der Waals surface area contributed by atoms with E-state index in [1.165, 1.54) is 58.5 Å². The largest absolute Gasteiger partial charge is 0.469 e. The van der Waals surface area contributed by atoms with Gasteiger partial charge in [0.1, 0.15) is 0 Å². The summed E-state index contributed by atoms with van der Waals surface area (Å²) in [5.74, 6) is -0.0969. The summed E-state index contributed by atoms with van der Waals surface area (Å²) in [5.41, 5.74) is 0. The summed E-state index contributed by atoms with van der Waals surface area (Å²) in [7, 11) is 1.44. The summed E-state index contributed by atoms with van der Waals surface area (Å²) in [4.78, 5) is 15.5. The van der Waals surface area contributed by atoms with Crippen molar-refractivity contribution < 1.29 is 19.7 Å². The molecular weight excluding hydrogens is 292 g/mol. The highest BCUT2D eigenvalue weighted by atomic mass is 17.1. The fourth-order valence-electron chi connectivity index (χ4n) is 2.85. The predicted octanol–water partition coefficient (Wildman–Crippen LogP) is 5.89. The van der Waals surface area contributed by atoms with Crippen LogP contribution in [0.5, 0.6) is 0 Å². The zero-order valence-corrected chi connectivity index (χ0v) is 15.4. The predicted molar refractivity (Wildman–Crippen MR) is 94.4 cm³/mol. The van der Waals surface area contributed by atoms with E-state index in [-0.39, 0.29) is 12.1 Å². The number of rotatable bonds is 17. The second-order valence-corrected chi connectivity index (χ2v) is 6.52. The molecule has 0 fully saturated rings. The molecule has 4 nitrogen and oxygen atoms in total. The van der Waals surface area contributed by atoms with Crippen molar-refractivity contribution >= 4 is 5.97 Å². The third-order valence-electron chi connectivity index (χ3n) is 4.41. The van der Waals surface area contributed by atoms with E-state index in [4.69, 9.17) is 5.26 Å². The summed E-state index contributed by atoms with van der Waals surface area (Å²) in [5, 5.41) is 8.93. The molecule has 0 rings (SSSR count). The lowest BCUT2D eigenvalue weighted by Gasteiger charge is -2.12. The Morgan fingerprint density at radius 2 is 1.30 bits per heavy atom. The van der Waals surface area contributed by atoms with Gasteiger partial charge in [-0.2, -0.15) is 0 Å². The smallest absolute Gasteiger partial charge is 0.305 e. The number of carbonyl (C=O) groups is 1. The van der Waals surface area contributed by atoms with Crippen molar-refractivity contribution in [3.8, 4) is 0 Å². The normalized spacial score (nSPS) is 12.3. The van der Waals surface area contributed by atoms with Gasteiger partial charge < -0.3 is 4.74 Å². The molecule has 1 atom stereocenters. The van der Waals surface area contributed by atoms with Gasteiger partial charge in [0.25, 0.3) is 0 Å². The van der Waals surface area contributed by atoms with Crippen LogP contribution < -0.4 is 0 Å². The molecule has 0 saturated heterocycles. The van der Waals surface area contributed by atoms with Crippen LogP contribution in [-0.2, 0) is 14.4 Å². The maximum absolute atomic E-state index is 10.9. The summed E-state index contributed by atoms with van der Waals surface area (Å²) in [6.45, 7) is 2.21. The Morgan fingerprint density at radius 3 is 1.78 bits per heavy atom. The van der Waals surface area contributed by atoms with Gasteiger partial charge in [-0.3, -0.25) is 10.1 Å². The Labute approximate surface area is 142 Å². The summed E-state index contributed by atoms with van der Waals surface area (Å²) in [6, 6.07) is 0. The second kappa shape index (κ2) is 17.7. The van der Waals surface area contributed by atoms with Crippen molar-refractivity contribution in [1.82, 2.24) is 0 Å². The third kappa shape index (κ3) is 16.0. The molecule has 0 aliphatic heterocycles. The number of ether oxygens (including phenoxy) is 1. The fourth-order valence-corrected chi connectivity index (χ4v) is 2.85. The maximum Gasteiger partial charge on any atom is 0.305 e. The number of carbonyl (C=O) groups excluding carboxylic acids is 1. The Morgan fingerprint density at radius 1 is 0.826 bits per heavy atom. The first-order valence-corrected chi connectivity index (χ1v) is 9.61. The van der Waals surface area contributed by atoms with Crippen molar-refractivity contribution in [2.24, 2.45) is 0 Å². The molecule has 0 aliphatic carbocycles. The molecule has 0 aliphatic rings. The molecule has 138 valence electrons. The van der Waals surface area contributed by atoms with Crippen molar-refractivity contribution in [2.75, 3.05) is 7.11 Å². The van der Waals surface area contributed by atoms with E-state index in [9.17, 15) is 4.79 Å². The zero-order valence-electron chi connectivity index (χ0n) is 15.4. The van der Waals surface area contributed by atoms with Gasteiger partial charge in [0.05, 0.1) is 13.2 Å². The Bertz CT molecular complexity index is 256. The minimum Gasteiger partial charge on any atom is -0.469 e. The number of methoxy groups -OCH3 is 1. The van der Waals surface area contributed by atoms with Crippen LogP contribution in [0.3, 0.4) is 0 Å². The van der Waals surface area contributed by atoms with Crippen molar-refractivity contribution in [2.45, 2.75) is 109 Å². The fraction of sp³-hybridized carbons (Fsp3) is 0.947. The zero-order chi connectivity index (χ0) is 17.2. The first-order valence-electron chi connectivity index (χ1n) is 9.61. The van der Waals surface area contributed by atoms with E-state index in [0.29, 0.717) is 6.42 Å². The number of hydrogen-bond donors (Lipinski definition) is 1. The molecule has 0 bridgehead atoms. The first-order chi connectivity index (χ1) is 11.2. The topological polar surface area (TPSA) is 55.8 Å². The van der Waals surface area contributed by atoms with Gasteiger partial charge in [0.2, 0.25) is 0 Å². The molecule has 4 heteroatoms. The lowest BCUT2D eigenvalue weighted by molar-refractivity contribution is -0.281. The van der Waals surface area contributed by atoms with Gasteiger partial charge in [-0.15, -0.1) is 0 Å². The highest BCUT2D eigenvalue weighted by Crippen LogP contribution is 2.16. The van der Waals surface area contributed by atoms with Gasteiger partial charge >= 0.3 is 5.97 Å².